The zero-order valence-corrected chi connectivity index (χ0v) is 11.5. The molecule has 1 aliphatic rings. The van der Waals surface area contributed by atoms with Gasteiger partial charge in [0.2, 0.25) is 0 Å². The van der Waals surface area contributed by atoms with Gasteiger partial charge in [0.25, 0.3) is 0 Å². The fraction of sp³-hybridized carbons (Fsp3) is 0.571. The van der Waals surface area contributed by atoms with Crippen molar-refractivity contribution in [3.8, 4) is 5.75 Å². The highest BCUT2D eigenvalue weighted by molar-refractivity contribution is 5.30. The van der Waals surface area contributed by atoms with Crippen LogP contribution < -0.4 is 4.74 Å². The monoisotopic (exact) mass is 305 g/mol. The van der Waals surface area contributed by atoms with Crippen LogP contribution in [0.25, 0.3) is 0 Å². The van der Waals surface area contributed by atoms with Crippen LogP contribution >= 0.6 is 0 Å². The fourth-order valence-electron chi connectivity index (χ4n) is 2.09. The van der Waals surface area contributed by atoms with Crippen molar-refractivity contribution in [2.75, 3.05) is 39.5 Å². The van der Waals surface area contributed by atoms with Gasteiger partial charge in [-0.25, -0.2) is 0 Å². The first-order valence-electron chi connectivity index (χ1n) is 6.73. The summed E-state index contributed by atoms with van der Waals surface area (Å²) in [6, 6.07) is 4.64. The van der Waals surface area contributed by atoms with E-state index in [1.54, 1.807) is 0 Å². The van der Waals surface area contributed by atoms with Crippen LogP contribution in [-0.4, -0.2) is 55.6 Å². The molecule has 1 aromatic carbocycles. The molecule has 4 nitrogen and oxygen atoms in total. The van der Waals surface area contributed by atoms with Gasteiger partial charge in [-0.3, -0.25) is 4.90 Å². The molecule has 0 aromatic heterocycles. The molecule has 0 bridgehead atoms. The van der Waals surface area contributed by atoms with Crippen molar-refractivity contribution in [2.24, 2.45) is 0 Å². The summed E-state index contributed by atoms with van der Waals surface area (Å²) in [5.41, 5.74) is -0.761. The van der Waals surface area contributed by atoms with Crippen molar-refractivity contribution in [2.45, 2.75) is 12.3 Å². The molecule has 7 heteroatoms. The molecule has 1 aromatic rings. The van der Waals surface area contributed by atoms with Crippen LogP contribution in [0.2, 0.25) is 0 Å². The third-order valence-corrected chi connectivity index (χ3v) is 3.18. The van der Waals surface area contributed by atoms with Crippen molar-refractivity contribution < 1.29 is 27.8 Å². The summed E-state index contributed by atoms with van der Waals surface area (Å²) in [7, 11) is 0. The van der Waals surface area contributed by atoms with E-state index in [4.69, 9.17) is 9.47 Å². The average molecular weight is 305 g/mol. The van der Waals surface area contributed by atoms with Gasteiger partial charge in [-0.15, -0.1) is 0 Å². The van der Waals surface area contributed by atoms with Crippen molar-refractivity contribution >= 4 is 0 Å². The summed E-state index contributed by atoms with van der Waals surface area (Å²) in [5.74, 6) is 0.103. The zero-order valence-electron chi connectivity index (χ0n) is 11.5. The topological polar surface area (TPSA) is 41.9 Å². The Bertz CT molecular complexity index is 447. The standard InChI is InChI=1S/C14H18F3NO3/c15-14(16,17)11-2-1-3-13(8-11)21-10-12(19)9-18-4-6-20-7-5-18/h1-3,8,12,19H,4-7,9-10H2. The summed E-state index contributed by atoms with van der Waals surface area (Å²) in [6.07, 6.45) is -5.15. The maximum absolute atomic E-state index is 12.6. The van der Waals surface area contributed by atoms with E-state index >= 15 is 0 Å². The van der Waals surface area contributed by atoms with Crippen LogP contribution in [0.1, 0.15) is 5.56 Å². The predicted octanol–water partition coefficient (Wildman–Crippen LogP) is 1.78. The van der Waals surface area contributed by atoms with Gasteiger partial charge < -0.3 is 14.6 Å². The van der Waals surface area contributed by atoms with Crippen LogP contribution in [-0.2, 0) is 10.9 Å². The van der Waals surface area contributed by atoms with Crippen molar-refractivity contribution in [1.82, 2.24) is 4.90 Å². The van der Waals surface area contributed by atoms with Gasteiger partial charge in [0.05, 0.1) is 18.8 Å². The second kappa shape index (κ2) is 7.11. The Morgan fingerprint density at radius 1 is 1.29 bits per heavy atom. The first-order valence-corrected chi connectivity index (χ1v) is 6.73. The minimum absolute atomic E-state index is 0.0430. The molecule has 0 spiro atoms. The minimum Gasteiger partial charge on any atom is -0.491 e. The molecule has 1 N–H and O–H groups in total. The molecule has 1 fully saturated rings. The summed E-state index contributed by atoms with van der Waals surface area (Å²) in [5, 5.41) is 9.86. The van der Waals surface area contributed by atoms with E-state index < -0.39 is 17.8 Å². The van der Waals surface area contributed by atoms with Crippen LogP contribution in [0.5, 0.6) is 5.75 Å². The Morgan fingerprint density at radius 2 is 2.00 bits per heavy atom. The lowest BCUT2D eigenvalue weighted by atomic mass is 10.2. The van der Waals surface area contributed by atoms with Crippen LogP contribution in [0.4, 0.5) is 13.2 Å². The van der Waals surface area contributed by atoms with Gasteiger partial charge in [0.15, 0.2) is 0 Å². The molecular weight excluding hydrogens is 287 g/mol. The van der Waals surface area contributed by atoms with Gasteiger partial charge in [-0.1, -0.05) is 6.07 Å². The number of hydrogen-bond donors (Lipinski definition) is 1. The molecule has 0 saturated carbocycles. The van der Waals surface area contributed by atoms with Crippen molar-refractivity contribution in [3.63, 3.8) is 0 Å². The number of aliphatic hydroxyl groups is 1. The Hall–Kier alpha value is -1.31. The van der Waals surface area contributed by atoms with Gasteiger partial charge in [0, 0.05) is 19.6 Å². The van der Waals surface area contributed by atoms with Gasteiger partial charge in [-0.05, 0) is 18.2 Å². The lowest BCUT2D eigenvalue weighted by Gasteiger charge is -2.28. The number of morpholine rings is 1. The van der Waals surface area contributed by atoms with Crippen molar-refractivity contribution in [1.29, 1.82) is 0 Å². The second-order valence-electron chi connectivity index (χ2n) is 4.90. The highest BCUT2D eigenvalue weighted by Crippen LogP contribution is 2.31. The number of rotatable bonds is 5. The van der Waals surface area contributed by atoms with E-state index in [0.717, 1.165) is 25.2 Å². The molecule has 0 radical (unpaired) electrons. The fourth-order valence-corrected chi connectivity index (χ4v) is 2.09. The van der Waals surface area contributed by atoms with E-state index in [9.17, 15) is 18.3 Å². The van der Waals surface area contributed by atoms with E-state index in [2.05, 4.69) is 0 Å². The van der Waals surface area contributed by atoms with E-state index in [1.807, 2.05) is 4.90 Å². The first kappa shape index (κ1) is 16.1. The first-order chi connectivity index (χ1) is 9.95. The normalized spacial score (nSPS) is 18.5. The van der Waals surface area contributed by atoms with Gasteiger partial charge >= 0.3 is 6.18 Å². The number of alkyl halides is 3. The zero-order chi connectivity index (χ0) is 15.3. The number of β-amino-alcohol motifs (C(OH)–C–C–N with tert-alkyl or cyclic N) is 1. The van der Waals surface area contributed by atoms with Gasteiger partial charge in [-0.2, -0.15) is 13.2 Å². The van der Waals surface area contributed by atoms with Crippen LogP contribution in [0.15, 0.2) is 24.3 Å². The van der Waals surface area contributed by atoms with E-state index in [-0.39, 0.29) is 12.4 Å². The third-order valence-electron chi connectivity index (χ3n) is 3.18. The lowest BCUT2D eigenvalue weighted by molar-refractivity contribution is -0.137. The minimum atomic E-state index is -4.40. The summed E-state index contributed by atoms with van der Waals surface area (Å²) < 4.78 is 48.1. The number of aliphatic hydroxyl groups excluding tert-OH is 1. The molecule has 1 unspecified atom stereocenters. The Kier molecular flexibility index (Phi) is 5.44. The molecule has 21 heavy (non-hydrogen) atoms. The Labute approximate surface area is 121 Å². The highest BCUT2D eigenvalue weighted by atomic mass is 19.4. The number of benzene rings is 1. The predicted molar refractivity (Wildman–Crippen MR) is 70.2 cm³/mol. The summed E-state index contributed by atoms with van der Waals surface area (Å²) in [6.45, 7) is 3.10. The smallest absolute Gasteiger partial charge is 0.416 e. The lowest BCUT2D eigenvalue weighted by Crippen LogP contribution is -2.42. The highest BCUT2D eigenvalue weighted by Gasteiger charge is 2.30. The van der Waals surface area contributed by atoms with E-state index in [1.165, 1.54) is 12.1 Å². The number of halogens is 3. The van der Waals surface area contributed by atoms with Crippen LogP contribution in [0.3, 0.4) is 0 Å². The Balaban J connectivity index is 1.82. The summed E-state index contributed by atoms with van der Waals surface area (Å²) >= 11 is 0. The SMILES string of the molecule is OC(COc1cccc(C(F)(F)F)c1)CN1CCOCC1. The molecule has 1 heterocycles. The molecule has 118 valence electrons. The molecular formula is C14H18F3NO3. The Morgan fingerprint density at radius 3 is 2.67 bits per heavy atom. The number of ether oxygens (including phenoxy) is 2. The van der Waals surface area contributed by atoms with Gasteiger partial charge in [0.1, 0.15) is 18.5 Å². The third kappa shape index (κ3) is 5.18. The molecule has 1 atom stereocenters. The largest absolute Gasteiger partial charge is 0.491 e. The number of hydrogen-bond acceptors (Lipinski definition) is 4. The average Bonchev–Trinajstić information content (AvgIpc) is 2.46. The van der Waals surface area contributed by atoms with Crippen LogP contribution in [0, 0.1) is 0 Å². The molecule has 2 rings (SSSR count). The number of nitrogens with zero attached hydrogens (tertiary/aromatic N) is 1. The molecule has 0 amide bonds. The quantitative estimate of drug-likeness (QED) is 0.900. The molecule has 1 aliphatic heterocycles. The van der Waals surface area contributed by atoms with Crippen molar-refractivity contribution in [3.05, 3.63) is 29.8 Å². The second-order valence-corrected chi connectivity index (χ2v) is 4.90. The summed E-state index contributed by atoms with van der Waals surface area (Å²) in [4.78, 5) is 2.03. The molecule has 0 aliphatic carbocycles. The molecule has 1 saturated heterocycles. The van der Waals surface area contributed by atoms with E-state index in [0.29, 0.717) is 19.8 Å². The maximum Gasteiger partial charge on any atom is 0.416 e. The maximum atomic E-state index is 12.6.